The lowest BCUT2D eigenvalue weighted by Crippen LogP contribution is -2.30. The minimum atomic E-state index is 0.220. The molecule has 3 nitrogen and oxygen atoms in total. The molecule has 1 aliphatic rings. The topological polar surface area (TPSA) is 29.0 Å². The quantitative estimate of drug-likeness (QED) is 0.721. The van der Waals surface area contributed by atoms with Gasteiger partial charge in [-0.2, -0.15) is 4.98 Å². The standard InChI is InChI=1S/C13H12Cl3N3/c14-8-6-9-11(10(15)7-8)17-13(16)18-12(9)19-4-2-1-3-5-19/h6-7H,1-5H2. The number of hydrogen-bond donors (Lipinski definition) is 0. The second-order valence-corrected chi connectivity index (χ2v) is 5.83. The highest BCUT2D eigenvalue weighted by atomic mass is 35.5. The number of piperidine rings is 1. The monoisotopic (exact) mass is 315 g/mol. The summed E-state index contributed by atoms with van der Waals surface area (Å²) in [5.74, 6) is 0.833. The molecular formula is C13H12Cl3N3. The first-order valence-electron chi connectivity index (χ1n) is 6.22. The Balaban J connectivity index is 2.21. The molecule has 0 aliphatic carbocycles. The maximum absolute atomic E-state index is 6.19. The van der Waals surface area contributed by atoms with Crippen molar-refractivity contribution in [1.82, 2.24) is 9.97 Å². The van der Waals surface area contributed by atoms with E-state index in [9.17, 15) is 0 Å². The minimum Gasteiger partial charge on any atom is -0.356 e. The molecular weight excluding hydrogens is 305 g/mol. The summed E-state index contributed by atoms with van der Waals surface area (Å²) in [4.78, 5) is 10.8. The minimum absolute atomic E-state index is 0.220. The van der Waals surface area contributed by atoms with Crippen molar-refractivity contribution in [2.75, 3.05) is 18.0 Å². The highest BCUT2D eigenvalue weighted by Crippen LogP contribution is 2.33. The molecule has 0 saturated carbocycles. The Morgan fingerprint density at radius 1 is 0.947 bits per heavy atom. The van der Waals surface area contributed by atoms with Crippen LogP contribution in [0.4, 0.5) is 5.82 Å². The van der Waals surface area contributed by atoms with Crippen molar-refractivity contribution in [3.63, 3.8) is 0 Å². The Labute approximate surface area is 126 Å². The molecule has 1 saturated heterocycles. The van der Waals surface area contributed by atoms with Gasteiger partial charge in [-0.25, -0.2) is 4.98 Å². The van der Waals surface area contributed by atoms with Crippen molar-refractivity contribution in [1.29, 1.82) is 0 Å². The van der Waals surface area contributed by atoms with E-state index in [0.717, 1.165) is 37.1 Å². The fourth-order valence-corrected chi connectivity index (χ4v) is 3.16. The highest BCUT2D eigenvalue weighted by Gasteiger charge is 2.18. The zero-order valence-electron chi connectivity index (χ0n) is 10.2. The summed E-state index contributed by atoms with van der Waals surface area (Å²) in [6.45, 7) is 1.96. The molecule has 2 aromatic rings. The lowest BCUT2D eigenvalue weighted by molar-refractivity contribution is 0.574. The van der Waals surface area contributed by atoms with Crippen LogP contribution in [-0.4, -0.2) is 23.1 Å². The lowest BCUT2D eigenvalue weighted by Gasteiger charge is -2.28. The van der Waals surface area contributed by atoms with Gasteiger partial charge >= 0.3 is 0 Å². The number of aromatic nitrogens is 2. The molecule has 0 radical (unpaired) electrons. The summed E-state index contributed by atoms with van der Waals surface area (Å²) in [6, 6.07) is 3.53. The summed E-state index contributed by atoms with van der Waals surface area (Å²) >= 11 is 18.3. The molecule has 2 heterocycles. The third-order valence-electron chi connectivity index (χ3n) is 3.33. The van der Waals surface area contributed by atoms with Gasteiger partial charge in [0.15, 0.2) is 0 Å². The van der Waals surface area contributed by atoms with Crippen LogP contribution >= 0.6 is 34.8 Å². The number of anilines is 1. The van der Waals surface area contributed by atoms with E-state index in [-0.39, 0.29) is 5.28 Å². The predicted molar refractivity (Wildman–Crippen MR) is 80.6 cm³/mol. The van der Waals surface area contributed by atoms with E-state index < -0.39 is 0 Å². The lowest BCUT2D eigenvalue weighted by atomic mass is 10.1. The van der Waals surface area contributed by atoms with Crippen LogP contribution < -0.4 is 4.90 Å². The number of nitrogens with zero attached hydrogens (tertiary/aromatic N) is 3. The average Bonchev–Trinajstić information content (AvgIpc) is 2.40. The van der Waals surface area contributed by atoms with Crippen LogP contribution in [0.1, 0.15) is 19.3 Å². The molecule has 1 aromatic heterocycles. The Kier molecular flexibility index (Phi) is 3.70. The van der Waals surface area contributed by atoms with Crippen molar-refractivity contribution in [3.8, 4) is 0 Å². The number of halogens is 3. The normalized spacial score (nSPS) is 16.1. The summed E-state index contributed by atoms with van der Waals surface area (Å²) in [5, 5.41) is 2.17. The van der Waals surface area contributed by atoms with E-state index in [1.807, 2.05) is 6.07 Å². The van der Waals surface area contributed by atoms with Crippen molar-refractivity contribution in [2.45, 2.75) is 19.3 Å². The summed E-state index contributed by atoms with van der Waals surface area (Å²) in [7, 11) is 0. The fourth-order valence-electron chi connectivity index (χ4n) is 2.46. The molecule has 6 heteroatoms. The molecule has 0 unspecified atom stereocenters. The smallest absolute Gasteiger partial charge is 0.224 e. The Bertz CT molecular complexity index is 624. The molecule has 1 aliphatic heterocycles. The first-order valence-corrected chi connectivity index (χ1v) is 7.36. The number of rotatable bonds is 1. The van der Waals surface area contributed by atoms with Gasteiger partial charge in [-0.15, -0.1) is 0 Å². The van der Waals surface area contributed by atoms with Crippen LogP contribution in [0.3, 0.4) is 0 Å². The largest absolute Gasteiger partial charge is 0.356 e. The van der Waals surface area contributed by atoms with E-state index >= 15 is 0 Å². The van der Waals surface area contributed by atoms with Crippen molar-refractivity contribution in [3.05, 3.63) is 27.5 Å². The second-order valence-electron chi connectivity index (χ2n) is 4.65. The Morgan fingerprint density at radius 2 is 1.68 bits per heavy atom. The molecule has 1 aromatic carbocycles. The fraction of sp³-hybridized carbons (Fsp3) is 0.385. The average molecular weight is 317 g/mol. The van der Waals surface area contributed by atoms with E-state index in [0.29, 0.717) is 15.6 Å². The van der Waals surface area contributed by atoms with Crippen LogP contribution in [-0.2, 0) is 0 Å². The molecule has 19 heavy (non-hydrogen) atoms. The van der Waals surface area contributed by atoms with E-state index in [1.54, 1.807) is 6.07 Å². The van der Waals surface area contributed by atoms with Gasteiger partial charge in [-0.1, -0.05) is 23.2 Å². The van der Waals surface area contributed by atoms with Crippen molar-refractivity contribution in [2.24, 2.45) is 0 Å². The highest BCUT2D eigenvalue weighted by molar-refractivity contribution is 6.39. The molecule has 1 fully saturated rings. The van der Waals surface area contributed by atoms with Gasteiger partial charge in [0.05, 0.1) is 10.5 Å². The van der Waals surface area contributed by atoms with Crippen LogP contribution in [0, 0.1) is 0 Å². The first kappa shape index (κ1) is 13.2. The van der Waals surface area contributed by atoms with Gasteiger partial charge < -0.3 is 4.90 Å². The maximum Gasteiger partial charge on any atom is 0.224 e. The molecule has 0 spiro atoms. The van der Waals surface area contributed by atoms with Gasteiger partial charge in [-0.05, 0) is 43.0 Å². The Hall–Kier alpha value is -0.770. The van der Waals surface area contributed by atoms with E-state index in [4.69, 9.17) is 34.8 Å². The molecule has 0 atom stereocenters. The maximum atomic E-state index is 6.19. The van der Waals surface area contributed by atoms with E-state index in [1.165, 1.54) is 6.42 Å². The van der Waals surface area contributed by atoms with E-state index in [2.05, 4.69) is 14.9 Å². The first-order chi connectivity index (χ1) is 9.15. The van der Waals surface area contributed by atoms with Crippen LogP contribution in [0.15, 0.2) is 12.1 Å². The second kappa shape index (κ2) is 5.31. The van der Waals surface area contributed by atoms with Gasteiger partial charge in [0.1, 0.15) is 5.82 Å². The van der Waals surface area contributed by atoms with Crippen LogP contribution in [0.2, 0.25) is 15.3 Å². The van der Waals surface area contributed by atoms with Crippen molar-refractivity contribution < 1.29 is 0 Å². The molecule has 0 N–H and O–H groups in total. The van der Waals surface area contributed by atoms with Gasteiger partial charge in [-0.3, -0.25) is 0 Å². The third-order valence-corrected chi connectivity index (χ3v) is 4.00. The van der Waals surface area contributed by atoms with Gasteiger partial charge in [0, 0.05) is 23.5 Å². The van der Waals surface area contributed by atoms with Gasteiger partial charge in [0.25, 0.3) is 0 Å². The molecule has 0 amide bonds. The van der Waals surface area contributed by atoms with Crippen LogP contribution in [0.25, 0.3) is 10.9 Å². The zero-order valence-corrected chi connectivity index (χ0v) is 12.4. The number of benzene rings is 1. The number of hydrogen-bond acceptors (Lipinski definition) is 3. The predicted octanol–water partition coefficient (Wildman–Crippen LogP) is 4.58. The van der Waals surface area contributed by atoms with Gasteiger partial charge in [0.2, 0.25) is 5.28 Å². The van der Waals surface area contributed by atoms with Crippen molar-refractivity contribution >= 4 is 51.5 Å². The molecule has 100 valence electrons. The third kappa shape index (κ3) is 2.60. The number of fused-ring (bicyclic) bond motifs is 1. The molecule has 3 rings (SSSR count). The summed E-state index contributed by atoms with van der Waals surface area (Å²) < 4.78 is 0. The summed E-state index contributed by atoms with van der Waals surface area (Å²) in [5.41, 5.74) is 0.659. The molecule has 0 bridgehead atoms. The summed E-state index contributed by atoms with van der Waals surface area (Å²) in [6.07, 6.45) is 3.59. The Morgan fingerprint density at radius 3 is 2.42 bits per heavy atom. The SMILES string of the molecule is Clc1cc(Cl)c2nc(Cl)nc(N3CCCCC3)c2c1. The van der Waals surface area contributed by atoms with Crippen LogP contribution in [0.5, 0.6) is 0 Å². The zero-order chi connectivity index (χ0) is 13.4.